The van der Waals surface area contributed by atoms with Crippen LogP contribution in [0.15, 0.2) is 36.7 Å². The number of carbonyl (C=O) groups is 2. The summed E-state index contributed by atoms with van der Waals surface area (Å²) in [4.78, 5) is 35.8. The van der Waals surface area contributed by atoms with Crippen molar-refractivity contribution >= 4 is 23.0 Å². The maximum Gasteiger partial charge on any atom is 0.410 e. The second kappa shape index (κ2) is 10.8. The maximum atomic E-state index is 13.0. The molecule has 3 rings (SSSR count). The molecule has 2 heterocycles. The number of ether oxygens (including phenoxy) is 2. The highest BCUT2D eigenvalue weighted by Gasteiger charge is 2.30. The molecule has 0 unspecified atom stereocenters. The Morgan fingerprint density at radius 3 is 2.14 bits per heavy atom. The summed E-state index contributed by atoms with van der Waals surface area (Å²) in [5, 5.41) is 2.24. The molecule has 1 atom stereocenters. The zero-order chi connectivity index (χ0) is 25.8. The Balaban J connectivity index is 1.83. The van der Waals surface area contributed by atoms with E-state index in [1.165, 1.54) is 5.56 Å². The number of pyridine rings is 1. The molecule has 0 bridgehead atoms. The van der Waals surface area contributed by atoms with E-state index in [4.69, 9.17) is 9.47 Å². The second-order valence-electron chi connectivity index (χ2n) is 11.3. The molecule has 1 fully saturated rings. The monoisotopic (exact) mass is 484 g/mol. The van der Waals surface area contributed by atoms with Crippen molar-refractivity contribution in [2.24, 2.45) is 0 Å². The van der Waals surface area contributed by atoms with E-state index in [0.717, 1.165) is 10.8 Å². The summed E-state index contributed by atoms with van der Waals surface area (Å²) >= 11 is 0. The number of amides is 2. The zero-order valence-corrected chi connectivity index (χ0v) is 22.2. The molecule has 0 radical (unpaired) electrons. The first-order chi connectivity index (χ1) is 16.3. The first-order valence-electron chi connectivity index (χ1n) is 12.3. The Bertz CT molecular complexity index is 1030. The van der Waals surface area contributed by atoms with Crippen molar-refractivity contribution in [2.45, 2.75) is 72.3 Å². The van der Waals surface area contributed by atoms with Crippen LogP contribution in [0.1, 0.15) is 54.0 Å². The normalized spacial score (nSPS) is 18.5. The predicted octanol–water partition coefficient (Wildman–Crippen LogP) is 4.91. The van der Waals surface area contributed by atoms with Gasteiger partial charge in [0.25, 0.3) is 0 Å². The third kappa shape index (κ3) is 8.09. The van der Waals surface area contributed by atoms with Crippen molar-refractivity contribution in [3.8, 4) is 0 Å². The molecule has 1 aliphatic rings. The minimum Gasteiger partial charge on any atom is -0.444 e. The number of rotatable bonds is 2. The third-order valence-corrected chi connectivity index (χ3v) is 5.80. The van der Waals surface area contributed by atoms with Crippen LogP contribution in [0.4, 0.5) is 9.59 Å². The van der Waals surface area contributed by atoms with Gasteiger partial charge in [-0.25, -0.2) is 9.59 Å². The average Bonchev–Trinajstić information content (AvgIpc) is 2.81. The lowest BCUT2D eigenvalue weighted by Gasteiger charge is -2.33. The molecule has 0 spiro atoms. The van der Waals surface area contributed by atoms with Crippen LogP contribution in [0, 0.1) is 0 Å². The summed E-state index contributed by atoms with van der Waals surface area (Å²) < 4.78 is 11.3. The van der Waals surface area contributed by atoms with Gasteiger partial charge in [0.15, 0.2) is 0 Å². The van der Waals surface area contributed by atoms with Crippen LogP contribution in [-0.2, 0) is 16.0 Å². The van der Waals surface area contributed by atoms with E-state index in [1.54, 1.807) is 16.0 Å². The van der Waals surface area contributed by atoms with Gasteiger partial charge in [-0.05, 0) is 71.5 Å². The standard InChI is InChI=1S/C27H40N4O4/c1-20-18-31(25(33)35-27(5,6)7)15-13-29(24(32)34-26(2,3)4)12-14-30(20)19-21-8-9-23-17-28-11-10-22(23)16-21/h8-11,16-17,20H,12-15,18-19H2,1-7H3/t20-/m1/s1. The van der Waals surface area contributed by atoms with E-state index >= 15 is 0 Å². The van der Waals surface area contributed by atoms with Crippen LogP contribution in [0.3, 0.4) is 0 Å². The number of fused-ring (bicyclic) bond motifs is 1. The summed E-state index contributed by atoms with van der Waals surface area (Å²) in [5.74, 6) is 0. The quantitative estimate of drug-likeness (QED) is 0.603. The topological polar surface area (TPSA) is 75.2 Å². The van der Waals surface area contributed by atoms with Crippen molar-refractivity contribution < 1.29 is 19.1 Å². The molecule has 0 N–H and O–H groups in total. The van der Waals surface area contributed by atoms with Crippen LogP contribution >= 0.6 is 0 Å². The second-order valence-corrected chi connectivity index (χ2v) is 11.3. The van der Waals surface area contributed by atoms with Gasteiger partial charge in [0.2, 0.25) is 0 Å². The Hall–Kier alpha value is -2.87. The van der Waals surface area contributed by atoms with Gasteiger partial charge < -0.3 is 19.3 Å². The lowest BCUT2D eigenvalue weighted by Crippen LogP contribution is -2.46. The number of carbonyl (C=O) groups excluding carboxylic acids is 2. The summed E-state index contributed by atoms with van der Waals surface area (Å²) in [6.07, 6.45) is 2.93. The van der Waals surface area contributed by atoms with Crippen LogP contribution in [0.25, 0.3) is 10.8 Å². The van der Waals surface area contributed by atoms with Crippen molar-refractivity contribution in [2.75, 3.05) is 32.7 Å². The summed E-state index contributed by atoms with van der Waals surface area (Å²) in [7, 11) is 0. The number of hydrogen-bond donors (Lipinski definition) is 0. The fourth-order valence-corrected chi connectivity index (χ4v) is 4.05. The Morgan fingerprint density at radius 2 is 1.49 bits per heavy atom. The molecule has 8 nitrogen and oxygen atoms in total. The largest absolute Gasteiger partial charge is 0.444 e. The molecule has 192 valence electrons. The third-order valence-electron chi connectivity index (χ3n) is 5.80. The Kier molecular flexibility index (Phi) is 8.26. The predicted molar refractivity (Wildman–Crippen MR) is 137 cm³/mol. The average molecular weight is 485 g/mol. The minimum absolute atomic E-state index is 0.0641. The van der Waals surface area contributed by atoms with Crippen LogP contribution in [-0.4, -0.2) is 81.8 Å². The minimum atomic E-state index is -0.594. The lowest BCUT2D eigenvalue weighted by atomic mass is 10.1. The number of benzene rings is 1. The molecule has 0 aliphatic carbocycles. The highest BCUT2D eigenvalue weighted by molar-refractivity contribution is 5.82. The molecule has 2 aromatic rings. The fraction of sp³-hybridized carbons (Fsp3) is 0.593. The van der Waals surface area contributed by atoms with Crippen molar-refractivity contribution in [3.63, 3.8) is 0 Å². The van der Waals surface area contributed by atoms with Crippen molar-refractivity contribution in [1.29, 1.82) is 0 Å². The van der Waals surface area contributed by atoms with E-state index < -0.39 is 11.2 Å². The summed E-state index contributed by atoms with van der Waals surface area (Å²) in [6.45, 7) is 16.4. The zero-order valence-electron chi connectivity index (χ0n) is 22.2. The van der Waals surface area contributed by atoms with Gasteiger partial charge >= 0.3 is 12.2 Å². The van der Waals surface area contributed by atoms with Gasteiger partial charge in [-0.1, -0.05) is 12.1 Å². The van der Waals surface area contributed by atoms with Crippen LogP contribution in [0.5, 0.6) is 0 Å². The molecule has 1 aromatic carbocycles. The van der Waals surface area contributed by atoms with Gasteiger partial charge in [-0.3, -0.25) is 9.88 Å². The Labute approximate surface area is 209 Å². The van der Waals surface area contributed by atoms with E-state index in [2.05, 4.69) is 35.0 Å². The first-order valence-corrected chi connectivity index (χ1v) is 12.3. The van der Waals surface area contributed by atoms with Gasteiger partial charge in [0, 0.05) is 63.1 Å². The molecule has 0 saturated carbocycles. The van der Waals surface area contributed by atoms with E-state index in [0.29, 0.717) is 39.3 Å². The van der Waals surface area contributed by atoms with Gasteiger partial charge in [0.1, 0.15) is 11.2 Å². The lowest BCUT2D eigenvalue weighted by molar-refractivity contribution is 0.0146. The van der Waals surface area contributed by atoms with Gasteiger partial charge in [-0.2, -0.15) is 0 Å². The first kappa shape index (κ1) is 26.7. The number of nitrogens with zero attached hydrogens (tertiary/aromatic N) is 4. The smallest absolute Gasteiger partial charge is 0.410 e. The van der Waals surface area contributed by atoms with E-state index in [9.17, 15) is 9.59 Å². The summed E-state index contributed by atoms with van der Waals surface area (Å²) in [5.41, 5.74) is -0.0151. The molecule has 1 saturated heterocycles. The number of hydrogen-bond acceptors (Lipinski definition) is 6. The molecular weight excluding hydrogens is 444 g/mol. The SMILES string of the molecule is C[C@@H]1CN(C(=O)OC(C)(C)C)CCN(C(=O)OC(C)(C)C)CCN1Cc1ccc2cnccc2c1. The maximum absolute atomic E-state index is 13.0. The van der Waals surface area contributed by atoms with Crippen molar-refractivity contribution in [3.05, 3.63) is 42.2 Å². The van der Waals surface area contributed by atoms with Crippen LogP contribution in [0.2, 0.25) is 0 Å². The van der Waals surface area contributed by atoms with Crippen molar-refractivity contribution in [1.82, 2.24) is 19.7 Å². The molecule has 1 aromatic heterocycles. The molecule has 2 amide bonds. The van der Waals surface area contributed by atoms with E-state index in [1.807, 2.05) is 53.8 Å². The van der Waals surface area contributed by atoms with Gasteiger partial charge in [0.05, 0.1) is 0 Å². The van der Waals surface area contributed by atoms with Gasteiger partial charge in [-0.15, -0.1) is 0 Å². The van der Waals surface area contributed by atoms with Crippen LogP contribution < -0.4 is 0 Å². The highest BCUT2D eigenvalue weighted by atomic mass is 16.6. The fourth-order valence-electron chi connectivity index (χ4n) is 4.05. The number of aromatic nitrogens is 1. The highest BCUT2D eigenvalue weighted by Crippen LogP contribution is 2.19. The van der Waals surface area contributed by atoms with E-state index in [-0.39, 0.29) is 18.2 Å². The summed E-state index contributed by atoms with van der Waals surface area (Å²) in [6, 6.07) is 8.44. The Morgan fingerprint density at radius 1 is 0.886 bits per heavy atom. The molecule has 8 heteroatoms. The molecule has 35 heavy (non-hydrogen) atoms. The molecule has 1 aliphatic heterocycles. The molecular formula is C27H40N4O4.